The summed E-state index contributed by atoms with van der Waals surface area (Å²) in [6.07, 6.45) is 2.93. The van der Waals surface area contributed by atoms with Crippen molar-refractivity contribution in [3.8, 4) is 0 Å². The molecule has 0 aliphatic heterocycles. The van der Waals surface area contributed by atoms with E-state index in [4.69, 9.17) is 0 Å². The fraction of sp³-hybridized carbons (Fsp3) is 1.00. The Morgan fingerprint density at radius 2 is 1.68 bits per heavy atom. The number of hydrogen-bond donors (Lipinski definition) is 1. The summed E-state index contributed by atoms with van der Waals surface area (Å²) >= 11 is 0. The van der Waals surface area contributed by atoms with Gasteiger partial charge in [0.1, 0.15) is 9.84 Å². The van der Waals surface area contributed by atoms with Crippen LogP contribution in [-0.4, -0.2) is 56.5 Å². The van der Waals surface area contributed by atoms with E-state index in [0.29, 0.717) is 6.04 Å². The average Bonchev–Trinajstić information content (AvgIpc) is 2.27. The normalized spacial score (nSPS) is 14.9. The lowest BCUT2D eigenvalue weighted by Crippen LogP contribution is -2.57. The van der Waals surface area contributed by atoms with Crippen molar-refractivity contribution in [1.29, 1.82) is 0 Å². The molecule has 0 aromatic rings. The molecule has 1 unspecified atom stereocenters. The predicted molar refractivity (Wildman–Crippen MR) is 83.4 cm³/mol. The molecule has 4 nitrogen and oxygen atoms in total. The number of nitrogens with zero attached hydrogens (tertiary/aromatic N) is 1. The quantitative estimate of drug-likeness (QED) is 0.668. The van der Waals surface area contributed by atoms with Gasteiger partial charge in [-0.05, 0) is 46.3 Å². The van der Waals surface area contributed by atoms with Gasteiger partial charge in [0.15, 0.2) is 0 Å². The predicted octanol–water partition coefficient (Wildman–Crippen LogP) is 1.91. The molecule has 0 aromatic heterocycles. The Morgan fingerprint density at radius 3 is 2.05 bits per heavy atom. The maximum Gasteiger partial charge on any atom is 0.147 e. The molecule has 0 aliphatic carbocycles. The van der Waals surface area contributed by atoms with Gasteiger partial charge in [-0.3, -0.25) is 4.90 Å². The smallest absolute Gasteiger partial charge is 0.147 e. The molecule has 19 heavy (non-hydrogen) atoms. The van der Waals surface area contributed by atoms with Gasteiger partial charge in [0.05, 0.1) is 0 Å². The van der Waals surface area contributed by atoms with E-state index in [9.17, 15) is 8.42 Å². The second kappa shape index (κ2) is 8.22. The molecule has 0 heterocycles. The van der Waals surface area contributed by atoms with Crippen molar-refractivity contribution < 1.29 is 8.42 Å². The molecule has 0 rings (SSSR count). The molecule has 0 aromatic carbocycles. The zero-order valence-electron chi connectivity index (χ0n) is 13.5. The van der Waals surface area contributed by atoms with E-state index in [1.54, 1.807) is 0 Å². The SMILES string of the molecule is CCNC(CCCS(C)(=O)=O)C(C)(C)N(CC)CC. The summed E-state index contributed by atoms with van der Waals surface area (Å²) in [5.74, 6) is 0.281. The molecule has 0 radical (unpaired) electrons. The van der Waals surface area contributed by atoms with Crippen molar-refractivity contribution in [1.82, 2.24) is 10.2 Å². The van der Waals surface area contributed by atoms with Crippen LogP contribution in [0.2, 0.25) is 0 Å². The maximum absolute atomic E-state index is 11.2. The van der Waals surface area contributed by atoms with E-state index in [0.717, 1.165) is 32.5 Å². The number of sulfone groups is 1. The van der Waals surface area contributed by atoms with Crippen LogP contribution in [0, 0.1) is 0 Å². The van der Waals surface area contributed by atoms with Crippen molar-refractivity contribution in [2.24, 2.45) is 0 Å². The molecular weight excluding hydrogens is 260 g/mol. The molecule has 0 bridgehead atoms. The zero-order valence-corrected chi connectivity index (χ0v) is 14.3. The molecule has 0 fully saturated rings. The van der Waals surface area contributed by atoms with E-state index in [1.165, 1.54) is 6.26 Å². The van der Waals surface area contributed by atoms with E-state index in [1.807, 2.05) is 0 Å². The van der Waals surface area contributed by atoms with Gasteiger partial charge in [0, 0.05) is 23.6 Å². The van der Waals surface area contributed by atoms with Crippen molar-refractivity contribution in [2.45, 2.75) is 59.0 Å². The standard InChI is InChI=1S/C14H32N2O2S/c1-7-15-13(11-10-12-19(6,17)18)14(4,5)16(8-2)9-3/h13,15H,7-12H2,1-6H3. The van der Waals surface area contributed by atoms with Crippen molar-refractivity contribution >= 4 is 9.84 Å². The number of likely N-dealkylation sites (N-methyl/N-ethyl adjacent to an activating group) is 2. The summed E-state index contributed by atoms with van der Waals surface area (Å²) in [7, 11) is -2.85. The molecule has 5 heteroatoms. The molecule has 116 valence electrons. The molecule has 0 saturated carbocycles. The second-order valence-corrected chi connectivity index (χ2v) is 7.97. The third-order valence-corrected chi connectivity index (χ3v) is 4.92. The Balaban J connectivity index is 4.69. The summed E-state index contributed by atoms with van der Waals surface area (Å²) in [6.45, 7) is 13.9. The van der Waals surface area contributed by atoms with Crippen molar-refractivity contribution in [2.75, 3.05) is 31.6 Å². The number of hydrogen-bond acceptors (Lipinski definition) is 4. The number of rotatable bonds is 10. The Morgan fingerprint density at radius 1 is 1.16 bits per heavy atom. The van der Waals surface area contributed by atoms with Crippen LogP contribution in [0.15, 0.2) is 0 Å². The Labute approximate surface area is 119 Å². The first-order valence-corrected chi connectivity index (χ1v) is 9.41. The highest BCUT2D eigenvalue weighted by molar-refractivity contribution is 7.90. The fourth-order valence-corrected chi connectivity index (χ4v) is 3.45. The maximum atomic E-state index is 11.2. The molecule has 0 spiro atoms. The molecule has 0 amide bonds. The molecule has 1 atom stereocenters. The Kier molecular flexibility index (Phi) is 8.17. The first-order valence-electron chi connectivity index (χ1n) is 7.35. The van der Waals surface area contributed by atoms with E-state index >= 15 is 0 Å². The number of nitrogens with one attached hydrogen (secondary N) is 1. The van der Waals surface area contributed by atoms with E-state index in [-0.39, 0.29) is 11.3 Å². The van der Waals surface area contributed by atoms with E-state index in [2.05, 4.69) is 44.8 Å². The third kappa shape index (κ3) is 6.72. The lowest BCUT2D eigenvalue weighted by Gasteiger charge is -2.44. The van der Waals surface area contributed by atoms with Crippen LogP contribution in [-0.2, 0) is 9.84 Å². The van der Waals surface area contributed by atoms with Crippen LogP contribution in [0.25, 0.3) is 0 Å². The van der Waals surface area contributed by atoms with Gasteiger partial charge in [-0.25, -0.2) is 8.42 Å². The van der Waals surface area contributed by atoms with Gasteiger partial charge in [-0.15, -0.1) is 0 Å². The summed E-state index contributed by atoms with van der Waals surface area (Å²) < 4.78 is 22.5. The van der Waals surface area contributed by atoms with Crippen LogP contribution in [0.3, 0.4) is 0 Å². The first-order chi connectivity index (χ1) is 8.69. The average molecular weight is 292 g/mol. The Hall–Kier alpha value is -0.130. The van der Waals surface area contributed by atoms with Crippen LogP contribution in [0.1, 0.15) is 47.5 Å². The fourth-order valence-electron chi connectivity index (χ4n) is 2.76. The zero-order chi connectivity index (χ0) is 15.1. The minimum atomic E-state index is -2.85. The first kappa shape index (κ1) is 18.9. The van der Waals surface area contributed by atoms with Crippen molar-refractivity contribution in [3.63, 3.8) is 0 Å². The Bertz CT molecular complexity index is 335. The monoisotopic (exact) mass is 292 g/mol. The largest absolute Gasteiger partial charge is 0.312 e. The van der Waals surface area contributed by atoms with Crippen molar-refractivity contribution in [3.05, 3.63) is 0 Å². The summed E-state index contributed by atoms with van der Waals surface area (Å²) in [6, 6.07) is 0.319. The second-order valence-electron chi connectivity index (χ2n) is 5.71. The van der Waals surface area contributed by atoms with Crippen LogP contribution in [0.5, 0.6) is 0 Å². The molecule has 1 N–H and O–H groups in total. The van der Waals surface area contributed by atoms with E-state index < -0.39 is 9.84 Å². The van der Waals surface area contributed by atoms with Gasteiger partial charge in [0.25, 0.3) is 0 Å². The summed E-state index contributed by atoms with van der Waals surface area (Å²) in [4.78, 5) is 2.43. The summed E-state index contributed by atoms with van der Waals surface area (Å²) in [5, 5.41) is 3.52. The van der Waals surface area contributed by atoms with Crippen LogP contribution >= 0.6 is 0 Å². The minimum Gasteiger partial charge on any atom is -0.312 e. The van der Waals surface area contributed by atoms with Gasteiger partial charge in [0.2, 0.25) is 0 Å². The van der Waals surface area contributed by atoms with Gasteiger partial charge in [-0.2, -0.15) is 0 Å². The van der Waals surface area contributed by atoms with Crippen LogP contribution in [0.4, 0.5) is 0 Å². The summed E-state index contributed by atoms with van der Waals surface area (Å²) in [5.41, 5.74) is 0.0387. The molecule has 0 saturated heterocycles. The third-order valence-electron chi connectivity index (χ3n) is 3.89. The lowest BCUT2D eigenvalue weighted by molar-refractivity contribution is 0.0879. The van der Waals surface area contributed by atoms with Gasteiger partial charge < -0.3 is 5.32 Å². The topological polar surface area (TPSA) is 49.4 Å². The van der Waals surface area contributed by atoms with Crippen LogP contribution < -0.4 is 5.32 Å². The van der Waals surface area contributed by atoms with Gasteiger partial charge >= 0.3 is 0 Å². The highest BCUT2D eigenvalue weighted by Crippen LogP contribution is 2.22. The highest BCUT2D eigenvalue weighted by Gasteiger charge is 2.33. The van der Waals surface area contributed by atoms with Gasteiger partial charge in [-0.1, -0.05) is 20.8 Å². The minimum absolute atomic E-state index is 0.0387. The molecule has 0 aliphatic rings. The lowest BCUT2D eigenvalue weighted by atomic mass is 9.89. The highest BCUT2D eigenvalue weighted by atomic mass is 32.2. The molecular formula is C14H32N2O2S.